The van der Waals surface area contributed by atoms with Crippen molar-refractivity contribution in [3.8, 4) is 5.75 Å². The molecule has 12 heteroatoms. The molecule has 3 aromatic carbocycles. The summed E-state index contributed by atoms with van der Waals surface area (Å²) in [6, 6.07) is 17.4. The molecular formula is C35H41N3O9. The molecule has 47 heavy (non-hydrogen) atoms. The number of hydrazine groups is 1. The molecule has 12 nitrogen and oxygen atoms in total. The highest BCUT2D eigenvalue weighted by atomic mass is 16.7. The van der Waals surface area contributed by atoms with E-state index < -0.39 is 54.6 Å². The standard InChI is InChI=1S/C35H41N3O9/c1-22-16-23(2)18-26(17-22)31(40)38(35(4,5)6)37(32(41)27-14-11-15-29(44-7)24(27)3)34(43)47-21-46-33(42)28(36)19-30(39)45-20-25-12-9-8-10-13-25/h8-18,28H,19-21,36H2,1-7H3. The van der Waals surface area contributed by atoms with Crippen LogP contribution in [0, 0.1) is 20.8 Å². The molecule has 1 unspecified atom stereocenters. The Morgan fingerprint density at radius 1 is 0.809 bits per heavy atom. The minimum absolute atomic E-state index is 0.000789. The van der Waals surface area contributed by atoms with Gasteiger partial charge < -0.3 is 24.7 Å². The maximum absolute atomic E-state index is 14.1. The molecule has 0 aliphatic heterocycles. The fourth-order valence-electron chi connectivity index (χ4n) is 4.72. The molecule has 0 spiro atoms. The first-order valence-electron chi connectivity index (χ1n) is 14.8. The first kappa shape index (κ1) is 36.2. The highest BCUT2D eigenvalue weighted by Gasteiger charge is 2.42. The quantitative estimate of drug-likeness (QED) is 0.180. The van der Waals surface area contributed by atoms with Crippen LogP contribution in [0.25, 0.3) is 0 Å². The Labute approximate surface area is 274 Å². The molecule has 3 amide bonds. The fraction of sp³-hybridized carbons (Fsp3) is 0.343. The van der Waals surface area contributed by atoms with E-state index in [9.17, 15) is 24.0 Å². The van der Waals surface area contributed by atoms with Crippen LogP contribution >= 0.6 is 0 Å². The summed E-state index contributed by atoms with van der Waals surface area (Å²) in [5, 5.41) is 1.58. The molecule has 1 atom stereocenters. The molecule has 3 rings (SSSR count). The van der Waals surface area contributed by atoms with Gasteiger partial charge in [0.2, 0.25) is 6.79 Å². The van der Waals surface area contributed by atoms with Gasteiger partial charge in [0.15, 0.2) is 0 Å². The smallest absolute Gasteiger partial charge is 0.439 e. The van der Waals surface area contributed by atoms with Crippen molar-refractivity contribution < 1.29 is 42.9 Å². The summed E-state index contributed by atoms with van der Waals surface area (Å²) < 4.78 is 20.7. The largest absolute Gasteiger partial charge is 0.496 e. The maximum atomic E-state index is 14.1. The molecule has 2 N–H and O–H groups in total. The normalized spacial score (nSPS) is 11.6. The third-order valence-electron chi connectivity index (χ3n) is 6.91. The second-order valence-corrected chi connectivity index (χ2v) is 11.9. The Morgan fingerprint density at radius 3 is 2.04 bits per heavy atom. The Balaban J connectivity index is 1.82. The van der Waals surface area contributed by atoms with E-state index in [1.807, 2.05) is 26.0 Å². The van der Waals surface area contributed by atoms with Crippen molar-refractivity contribution in [3.63, 3.8) is 0 Å². The van der Waals surface area contributed by atoms with Crippen LogP contribution in [-0.4, -0.2) is 65.3 Å². The molecule has 0 aliphatic rings. The van der Waals surface area contributed by atoms with Crippen molar-refractivity contribution in [2.75, 3.05) is 13.9 Å². The topological polar surface area (TPSA) is 155 Å². The number of hydrogen-bond donors (Lipinski definition) is 1. The van der Waals surface area contributed by atoms with Gasteiger partial charge in [0.1, 0.15) is 18.4 Å². The molecule has 250 valence electrons. The van der Waals surface area contributed by atoms with Crippen LogP contribution in [0.5, 0.6) is 5.75 Å². The second kappa shape index (κ2) is 15.9. The van der Waals surface area contributed by atoms with Crippen molar-refractivity contribution in [2.45, 2.75) is 66.2 Å². The SMILES string of the molecule is COc1cccc(C(=O)N(C(=O)OCOC(=O)C(N)CC(=O)OCc2ccccc2)N(C(=O)c2cc(C)cc(C)c2)C(C)(C)C)c1C. The number of nitrogens with two attached hydrogens (primary N) is 1. The van der Waals surface area contributed by atoms with E-state index >= 15 is 0 Å². The lowest BCUT2D eigenvalue weighted by Gasteiger charge is -2.41. The zero-order valence-electron chi connectivity index (χ0n) is 27.7. The second-order valence-electron chi connectivity index (χ2n) is 11.9. The van der Waals surface area contributed by atoms with Gasteiger partial charge in [-0.3, -0.25) is 19.2 Å². The van der Waals surface area contributed by atoms with Gasteiger partial charge in [0, 0.05) is 16.7 Å². The highest BCUT2D eigenvalue weighted by molar-refractivity contribution is 6.07. The van der Waals surface area contributed by atoms with Crippen LogP contribution in [0.3, 0.4) is 0 Å². The van der Waals surface area contributed by atoms with Gasteiger partial charge in [-0.15, -0.1) is 5.01 Å². The third-order valence-corrected chi connectivity index (χ3v) is 6.91. The number of rotatable bonds is 10. The van der Waals surface area contributed by atoms with E-state index in [1.54, 1.807) is 76.2 Å². The fourth-order valence-corrected chi connectivity index (χ4v) is 4.72. The molecule has 0 saturated heterocycles. The number of hydrogen-bond acceptors (Lipinski definition) is 10. The summed E-state index contributed by atoms with van der Waals surface area (Å²) in [5.74, 6) is -2.93. The first-order chi connectivity index (χ1) is 22.1. The van der Waals surface area contributed by atoms with Gasteiger partial charge in [-0.05, 0) is 71.4 Å². The maximum Gasteiger partial charge on any atom is 0.439 e. The molecule has 0 bridgehead atoms. The van der Waals surface area contributed by atoms with Crippen molar-refractivity contribution >= 4 is 29.8 Å². The van der Waals surface area contributed by atoms with E-state index in [2.05, 4.69) is 0 Å². The molecule has 0 heterocycles. The van der Waals surface area contributed by atoms with Gasteiger partial charge in [-0.25, -0.2) is 9.80 Å². The lowest BCUT2D eigenvalue weighted by Crippen LogP contribution is -2.60. The molecule has 3 aromatic rings. The average molecular weight is 648 g/mol. The number of imide groups is 1. The van der Waals surface area contributed by atoms with Crippen LogP contribution in [0.4, 0.5) is 4.79 Å². The summed E-state index contributed by atoms with van der Waals surface area (Å²) >= 11 is 0. The van der Waals surface area contributed by atoms with Crippen LogP contribution in [0.1, 0.15) is 70.2 Å². The van der Waals surface area contributed by atoms with E-state index in [1.165, 1.54) is 13.2 Å². The van der Waals surface area contributed by atoms with E-state index in [0.717, 1.165) is 21.7 Å². The van der Waals surface area contributed by atoms with Gasteiger partial charge >= 0.3 is 18.0 Å². The molecule has 0 saturated carbocycles. The summed E-state index contributed by atoms with van der Waals surface area (Å²) in [6.07, 6.45) is -1.78. The zero-order chi connectivity index (χ0) is 34.9. The van der Waals surface area contributed by atoms with E-state index in [-0.39, 0.29) is 17.7 Å². The summed E-state index contributed by atoms with van der Waals surface area (Å²) in [7, 11) is 1.44. The lowest BCUT2D eigenvalue weighted by atomic mass is 10.0. The van der Waals surface area contributed by atoms with E-state index in [4.69, 9.17) is 24.7 Å². The number of ether oxygens (including phenoxy) is 4. The number of methoxy groups -OCH3 is 1. The number of nitrogens with zero attached hydrogens (tertiary/aromatic N) is 2. The first-order valence-corrected chi connectivity index (χ1v) is 14.8. The average Bonchev–Trinajstić information content (AvgIpc) is 3.01. The molecule has 0 aromatic heterocycles. The van der Waals surface area contributed by atoms with Gasteiger partial charge in [-0.1, -0.05) is 53.6 Å². The summed E-state index contributed by atoms with van der Waals surface area (Å²) in [4.78, 5) is 66.6. The molecule has 0 radical (unpaired) electrons. The Hall–Kier alpha value is -5.23. The van der Waals surface area contributed by atoms with Gasteiger partial charge in [0.25, 0.3) is 11.8 Å². The third kappa shape index (κ3) is 9.63. The number of aryl methyl sites for hydroxylation is 2. The minimum atomic E-state index is -1.41. The van der Waals surface area contributed by atoms with Crippen molar-refractivity contribution in [3.05, 3.63) is 100 Å². The van der Waals surface area contributed by atoms with E-state index in [0.29, 0.717) is 16.3 Å². The minimum Gasteiger partial charge on any atom is -0.496 e. The van der Waals surface area contributed by atoms with Crippen molar-refractivity contribution in [1.29, 1.82) is 0 Å². The molecule has 0 fully saturated rings. The Morgan fingerprint density at radius 2 is 1.45 bits per heavy atom. The number of amides is 3. The summed E-state index contributed by atoms with van der Waals surface area (Å²) in [5.41, 5.74) is 7.78. The summed E-state index contributed by atoms with van der Waals surface area (Å²) in [6.45, 7) is 9.27. The van der Waals surface area contributed by atoms with Gasteiger partial charge in [0.05, 0.1) is 19.1 Å². The predicted molar refractivity (Wildman–Crippen MR) is 172 cm³/mol. The van der Waals surface area contributed by atoms with Crippen LogP contribution in [0.15, 0.2) is 66.7 Å². The highest BCUT2D eigenvalue weighted by Crippen LogP contribution is 2.27. The number of carbonyl (C=O) groups excluding carboxylic acids is 5. The van der Waals surface area contributed by atoms with Crippen LogP contribution in [-0.2, 0) is 30.4 Å². The number of benzene rings is 3. The van der Waals surface area contributed by atoms with Gasteiger partial charge in [-0.2, -0.15) is 0 Å². The number of carbonyl (C=O) groups is 5. The predicted octanol–water partition coefficient (Wildman–Crippen LogP) is 5.02. The van der Waals surface area contributed by atoms with Crippen LogP contribution < -0.4 is 10.5 Å². The van der Waals surface area contributed by atoms with Crippen molar-refractivity contribution in [2.24, 2.45) is 5.73 Å². The van der Waals surface area contributed by atoms with Crippen molar-refractivity contribution in [1.82, 2.24) is 10.0 Å². The Bertz CT molecular complexity index is 1600. The van der Waals surface area contributed by atoms with Crippen LogP contribution in [0.2, 0.25) is 0 Å². The zero-order valence-corrected chi connectivity index (χ0v) is 27.7. The lowest BCUT2D eigenvalue weighted by molar-refractivity contribution is -0.159. The monoisotopic (exact) mass is 647 g/mol. The Kier molecular flexibility index (Phi) is 12.2. The number of esters is 2. The molecule has 0 aliphatic carbocycles. The molecular weight excluding hydrogens is 606 g/mol.